The molecule has 27 heavy (non-hydrogen) atoms. The molecular weight excluding hydrogens is 344 g/mol. The molecule has 3 rings (SSSR count). The average Bonchev–Trinajstić information content (AvgIpc) is 2.89. The van der Waals surface area contributed by atoms with Crippen molar-refractivity contribution in [3.63, 3.8) is 0 Å². The third-order valence-corrected chi connectivity index (χ3v) is 4.54. The second kappa shape index (κ2) is 6.72. The number of hydrogen-bond acceptors (Lipinski definition) is 6. The van der Waals surface area contributed by atoms with E-state index in [1.54, 1.807) is 12.4 Å². The molecule has 0 saturated heterocycles. The van der Waals surface area contributed by atoms with Gasteiger partial charge in [-0.1, -0.05) is 40.7 Å². The second-order valence-electron chi connectivity index (χ2n) is 8.50. The summed E-state index contributed by atoms with van der Waals surface area (Å²) in [5.41, 5.74) is 6.63. The third kappa shape index (κ3) is 3.97. The van der Waals surface area contributed by atoms with Gasteiger partial charge in [0.25, 0.3) is 0 Å². The van der Waals surface area contributed by atoms with Gasteiger partial charge >= 0.3 is 6.01 Å². The van der Waals surface area contributed by atoms with Gasteiger partial charge in [0.1, 0.15) is 17.5 Å². The molecule has 0 aliphatic carbocycles. The van der Waals surface area contributed by atoms with Gasteiger partial charge < -0.3 is 20.5 Å². The molecule has 1 aliphatic rings. The Morgan fingerprint density at radius 2 is 1.96 bits per heavy atom. The van der Waals surface area contributed by atoms with Gasteiger partial charge in [-0.15, -0.1) is 0 Å². The number of nitrogens with zero attached hydrogens (tertiary/aromatic N) is 2. The summed E-state index contributed by atoms with van der Waals surface area (Å²) in [4.78, 5) is 20.2. The highest BCUT2D eigenvalue weighted by Crippen LogP contribution is 2.44. The van der Waals surface area contributed by atoms with E-state index in [4.69, 9.17) is 15.2 Å². The molecule has 7 nitrogen and oxygen atoms in total. The van der Waals surface area contributed by atoms with Gasteiger partial charge in [0.2, 0.25) is 5.91 Å². The van der Waals surface area contributed by atoms with E-state index in [0.717, 1.165) is 11.3 Å². The fourth-order valence-electron chi connectivity index (χ4n) is 3.14. The molecule has 0 bridgehead atoms. The summed E-state index contributed by atoms with van der Waals surface area (Å²) >= 11 is 0. The van der Waals surface area contributed by atoms with Gasteiger partial charge in [-0.3, -0.25) is 4.79 Å². The number of amides is 1. The van der Waals surface area contributed by atoms with E-state index < -0.39 is 11.9 Å². The molecule has 7 heteroatoms. The van der Waals surface area contributed by atoms with Crippen molar-refractivity contribution in [2.75, 3.05) is 11.9 Å². The molecule has 144 valence electrons. The van der Waals surface area contributed by atoms with E-state index in [0.29, 0.717) is 18.0 Å². The minimum Gasteiger partial charge on any atom is -0.492 e. The summed E-state index contributed by atoms with van der Waals surface area (Å²) in [5.74, 6) is 1.08. The molecule has 2 heterocycles. The van der Waals surface area contributed by atoms with E-state index in [1.807, 2.05) is 39.0 Å². The topological polar surface area (TPSA) is 99.4 Å². The van der Waals surface area contributed by atoms with Crippen LogP contribution in [0.15, 0.2) is 30.6 Å². The number of hydrogen-bond donors (Lipinski definition) is 2. The molecule has 0 spiro atoms. The van der Waals surface area contributed by atoms with Crippen LogP contribution in [0.5, 0.6) is 17.5 Å². The Hall–Kier alpha value is -2.83. The van der Waals surface area contributed by atoms with Gasteiger partial charge in [-0.05, 0) is 17.5 Å². The van der Waals surface area contributed by atoms with Crippen LogP contribution in [0.3, 0.4) is 0 Å². The van der Waals surface area contributed by atoms with Crippen molar-refractivity contribution in [1.29, 1.82) is 0 Å². The average molecular weight is 370 g/mol. The minimum absolute atomic E-state index is 0.144. The second-order valence-corrected chi connectivity index (χ2v) is 8.50. The Labute approximate surface area is 159 Å². The molecule has 1 aromatic heterocycles. The van der Waals surface area contributed by atoms with Crippen LogP contribution < -0.4 is 20.5 Å². The van der Waals surface area contributed by atoms with Crippen LogP contribution in [0.2, 0.25) is 0 Å². The highest BCUT2D eigenvalue weighted by Gasteiger charge is 2.35. The summed E-state index contributed by atoms with van der Waals surface area (Å²) in [7, 11) is 0. The molecule has 3 N–H and O–H groups in total. The van der Waals surface area contributed by atoms with Gasteiger partial charge in [0.05, 0.1) is 24.7 Å². The molecule has 0 unspecified atom stereocenters. The molecule has 0 fully saturated rings. The predicted octanol–water partition coefficient (Wildman–Crippen LogP) is 3.25. The fourth-order valence-corrected chi connectivity index (χ4v) is 3.14. The summed E-state index contributed by atoms with van der Waals surface area (Å²) in [5, 5.41) is 3.09. The Balaban J connectivity index is 1.78. The molecule has 0 saturated carbocycles. The lowest BCUT2D eigenvalue weighted by molar-refractivity contribution is -0.120. The first kappa shape index (κ1) is 18.9. The van der Waals surface area contributed by atoms with Crippen LogP contribution in [-0.2, 0) is 10.2 Å². The predicted molar refractivity (Wildman–Crippen MR) is 103 cm³/mol. The van der Waals surface area contributed by atoms with Crippen LogP contribution >= 0.6 is 0 Å². The van der Waals surface area contributed by atoms with Crippen molar-refractivity contribution in [2.24, 2.45) is 11.1 Å². The van der Waals surface area contributed by atoms with Crippen molar-refractivity contribution in [3.05, 3.63) is 36.2 Å². The maximum absolute atomic E-state index is 11.7. The third-order valence-electron chi connectivity index (χ3n) is 4.54. The summed E-state index contributed by atoms with van der Waals surface area (Å²) < 4.78 is 11.6. The lowest BCUT2D eigenvalue weighted by Crippen LogP contribution is -2.45. The van der Waals surface area contributed by atoms with Crippen molar-refractivity contribution in [3.8, 4) is 17.5 Å². The number of benzene rings is 1. The van der Waals surface area contributed by atoms with Crippen molar-refractivity contribution in [1.82, 2.24) is 9.97 Å². The van der Waals surface area contributed by atoms with E-state index >= 15 is 0 Å². The van der Waals surface area contributed by atoms with Gasteiger partial charge in [0.15, 0.2) is 0 Å². The number of carbonyl (C=O) groups is 1. The number of primary amides is 1. The molecule has 1 aliphatic heterocycles. The van der Waals surface area contributed by atoms with Crippen molar-refractivity contribution < 1.29 is 14.3 Å². The largest absolute Gasteiger partial charge is 0.492 e. The summed E-state index contributed by atoms with van der Waals surface area (Å²) in [6.07, 6.45) is 3.16. The number of aromatic nitrogens is 2. The number of nitrogens with one attached hydrogen (secondary N) is 1. The number of fused-ring (bicyclic) bond motifs is 1. The summed E-state index contributed by atoms with van der Waals surface area (Å²) in [6, 6.07) is 5.38. The lowest BCUT2D eigenvalue weighted by atomic mass is 9.86. The molecule has 1 atom stereocenters. The van der Waals surface area contributed by atoms with E-state index in [9.17, 15) is 4.79 Å². The lowest BCUT2D eigenvalue weighted by Gasteiger charge is -2.29. The molecule has 1 aromatic carbocycles. The maximum atomic E-state index is 11.7. The van der Waals surface area contributed by atoms with Crippen molar-refractivity contribution >= 4 is 11.6 Å². The normalized spacial score (nSPS) is 16.2. The standard InChI is InChI=1S/C20H26N4O3/c1-19(2,3)16(17(21)25)24-12-9-22-18(23-10-12)27-14-8-6-7-13-15(14)20(4,5)11-26-13/h6-10,16,24H,11H2,1-5H3,(H2,21,25)/t16-/m0/s1. The molecule has 1 amide bonds. The maximum Gasteiger partial charge on any atom is 0.322 e. The van der Waals surface area contributed by atoms with Gasteiger partial charge in [0, 0.05) is 11.0 Å². The number of ether oxygens (including phenoxy) is 2. The Morgan fingerprint density at radius 3 is 2.56 bits per heavy atom. The quantitative estimate of drug-likeness (QED) is 0.838. The highest BCUT2D eigenvalue weighted by molar-refractivity contribution is 5.83. The van der Waals surface area contributed by atoms with Crippen LogP contribution in [-0.4, -0.2) is 28.5 Å². The van der Waals surface area contributed by atoms with E-state index in [1.165, 1.54) is 0 Å². The SMILES string of the molecule is CC1(C)COc2cccc(Oc3ncc(N[C@@H](C(N)=O)C(C)(C)C)cn3)c21. The first-order valence-electron chi connectivity index (χ1n) is 8.90. The Morgan fingerprint density at radius 1 is 1.30 bits per heavy atom. The van der Waals surface area contributed by atoms with E-state index in [-0.39, 0.29) is 16.8 Å². The van der Waals surface area contributed by atoms with Crippen LogP contribution in [0, 0.1) is 5.41 Å². The number of anilines is 1. The molecular formula is C20H26N4O3. The first-order chi connectivity index (χ1) is 12.6. The fraction of sp³-hybridized carbons (Fsp3) is 0.450. The van der Waals surface area contributed by atoms with Crippen LogP contribution in [0.1, 0.15) is 40.2 Å². The number of carbonyl (C=O) groups excluding carboxylic acids is 1. The Kier molecular flexibility index (Phi) is 4.71. The van der Waals surface area contributed by atoms with Crippen LogP contribution in [0.4, 0.5) is 5.69 Å². The van der Waals surface area contributed by atoms with Gasteiger partial charge in [-0.2, -0.15) is 0 Å². The first-order valence-corrected chi connectivity index (χ1v) is 8.90. The highest BCUT2D eigenvalue weighted by atomic mass is 16.5. The summed E-state index contributed by atoms with van der Waals surface area (Å²) in [6.45, 7) is 10.6. The number of nitrogens with two attached hydrogens (primary N) is 1. The smallest absolute Gasteiger partial charge is 0.322 e. The molecule has 2 aromatic rings. The van der Waals surface area contributed by atoms with Gasteiger partial charge in [-0.25, -0.2) is 9.97 Å². The zero-order valence-electron chi connectivity index (χ0n) is 16.4. The molecule has 0 radical (unpaired) electrons. The zero-order chi connectivity index (χ0) is 19.8. The number of rotatable bonds is 5. The Bertz CT molecular complexity index is 841. The van der Waals surface area contributed by atoms with Crippen LogP contribution in [0.25, 0.3) is 0 Å². The minimum atomic E-state index is -0.539. The monoisotopic (exact) mass is 370 g/mol. The van der Waals surface area contributed by atoms with Crippen molar-refractivity contribution in [2.45, 2.75) is 46.1 Å². The van der Waals surface area contributed by atoms with E-state index in [2.05, 4.69) is 29.1 Å². The zero-order valence-corrected chi connectivity index (χ0v) is 16.4.